The van der Waals surface area contributed by atoms with Crippen molar-refractivity contribution in [3.05, 3.63) is 86.3 Å². The smallest absolute Gasteiger partial charge is 0.337 e. The monoisotopic (exact) mass is 424 g/mol. The van der Waals surface area contributed by atoms with Crippen molar-refractivity contribution < 1.29 is 9.13 Å². The maximum atomic E-state index is 14.9. The standard InChI is InChI=1S/C23H25FN4O3/c1-5-16-8-11-20(19(24)12-16)28-21(25-15-26(2)3)13-22(29)27(23(28)30)14-17-6-9-18(31-4)10-7-17/h6-13,15H,5,14H2,1-4H3/b25-15+. The van der Waals surface area contributed by atoms with E-state index in [4.69, 9.17) is 4.74 Å². The molecule has 0 atom stereocenters. The molecule has 0 radical (unpaired) electrons. The lowest BCUT2D eigenvalue weighted by molar-refractivity contribution is 0.414. The van der Waals surface area contributed by atoms with Gasteiger partial charge in [-0.2, -0.15) is 0 Å². The van der Waals surface area contributed by atoms with Gasteiger partial charge in [0, 0.05) is 20.2 Å². The highest BCUT2D eigenvalue weighted by molar-refractivity contribution is 5.60. The molecule has 1 heterocycles. The summed E-state index contributed by atoms with van der Waals surface area (Å²) in [5.74, 6) is 0.162. The number of aromatic nitrogens is 2. The van der Waals surface area contributed by atoms with E-state index in [0.717, 1.165) is 20.3 Å². The van der Waals surface area contributed by atoms with Crippen molar-refractivity contribution in [3.8, 4) is 11.4 Å². The number of aryl methyl sites for hydroxylation is 1. The molecule has 3 aromatic rings. The Morgan fingerprint density at radius 2 is 1.74 bits per heavy atom. The molecular weight excluding hydrogens is 399 g/mol. The van der Waals surface area contributed by atoms with Crippen molar-refractivity contribution >= 4 is 12.2 Å². The topological polar surface area (TPSA) is 68.8 Å². The van der Waals surface area contributed by atoms with Crippen LogP contribution in [-0.4, -0.2) is 41.6 Å². The van der Waals surface area contributed by atoms with E-state index in [1.807, 2.05) is 6.92 Å². The molecule has 162 valence electrons. The highest BCUT2D eigenvalue weighted by Crippen LogP contribution is 2.20. The van der Waals surface area contributed by atoms with Gasteiger partial charge in [-0.05, 0) is 41.8 Å². The van der Waals surface area contributed by atoms with Crippen LogP contribution in [0.1, 0.15) is 18.1 Å². The third kappa shape index (κ3) is 4.91. The van der Waals surface area contributed by atoms with E-state index < -0.39 is 17.1 Å². The molecule has 0 unspecified atom stereocenters. The van der Waals surface area contributed by atoms with E-state index in [1.165, 1.54) is 24.5 Å². The number of ether oxygens (including phenoxy) is 1. The molecule has 7 nitrogen and oxygen atoms in total. The number of nitrogens with zero attached hydrogens (tertiary/aromatic N) is 4. The average molecular weight is 424 g/mol. The van der Waals surface area contributed by atoms with Gasteiger partial charge in [0.15, 0.2) is 0 Å². The van der Waals surface area contributed by atoms with Crippen LogP contribution in [0, 0.1) is 5.82 Å². The predicted molar refractivity (Wildman–Crippen MR) is 120 cm³/mol. The van der Waals surface area contributed by atoms with Gasteiger partial charge >= 0.3 is 5.69 Å². The Labute approximate surface area is 179 Å². The van der Waals surface area contributed by atoms with Gasteiger partial charge in [-0.15, -0.1) is 0 Å². The fraction of sp³-hybridized carbons (Fsp3) is 0.261. The van der Waals surface area contributed by atoms with Crippen LogP contribution in [0.5, 0.6) is 5.75 Å². The summed E-state index contributed by atoms with van der Waals surface area (Å²) in [6.45, 7) is 1.95. The van der Waals surface area contributed by atoms with Crippen LogP contribution < -0.4 is 16.0 Å². The lowest BCUT2D eigenvalue weighted by Crippen LogP contribution is -2.39. The number of hydrogen-bond acceptors (Lipinski definition) is 4. The zero-order valence-corrected chi connectivity index (χ0v) is 18.0. The summed E-state index contributed by atoms with van der Waals surface area (Å²) in [4.78, 5) is 32.0. The lowest BCUT2D eigenvalue weighted by Gasteiger charge is -2.15. The zero-order chi connectivity index (χ0) is 22.5. The fourth-order valence-corrected chi connectivity index (χ4v) is 3.07. The van der Waals surface area contributed by atoms with Gasteiger partial charge in [0.05, 0.1) is 25.7 Å². The molecule has 0 saturated heterocycles. The van der Waals surface area contributed by atoms with Crippen molar-refractivity contribution in [1.82, 2.24) is 14.0 Å². The number of aliphatic imine (C=N–C) groups is 1. The van der Waals surface area contributed by atoms with Gasteiger partial charge in [0.2, 0.25) is 0 Å². The summed E-state index contributed by atoms with van der Waals surface area (Å²) in [5.41, 5.74) is 0.389. The molecule has 0 fully saturated rings. The highest BCUT2D eigenvalue weighted by atomic mass is 19.1. The number of halogens is 1. The van der Waals surface area contributed by atoms with E-state index in [-0.39, 0.29) is 18.1 Å². The predicted octanol–water partition coefficient (Wildman–Crippen LogP) is 2.98. The largest absolute Gasteiger partial charge is 0.497 e. The van der Waals surface area contributed by atoms with Crippen LogP contribution in [0.25, 0.3) is 5.69 Å². The Hall–Kier alpha value is -3.68. The van der Waals surface area contributed by atoms with E-state index in [2.05, 4.69) is 4.99 Å². The number of benzene rings is 2. The van der Waals surface area contributed by atoms with E-state index in [1.54, 1.807) is 56.4 Å². The van der Waals surface area contributed by atoms with E-state index in [0.29, 0.717) is 12.2 Å². The molecule has 8 heteroatoms. The normalized spacial score (nSPS) is 11.1. The van der Waals surface area contributed by atoms with Gasteiger partial charge in [-0.1, -0.05) is 25.1 Å². The molecule has 31 heavy (non-hydrogen) atoms. The van der Waals surface area contributed by atoms with Crippen molar-refractivity contribution in [2.75, 3.05) is 21.2 Å². The van der Waals surface area contributed by atoms with E-state index in [9.17, 15) is 14.0 Å². The Balaban J connectivity index is 2.19. The van der Waals surface area contributed by atoms with Crippen molar-refractivity contribution in [2.24, 2.45) is 4.99 Å². The molecule has 0 N–H and O–H groups in total. The summed E-state index contributed by atoms with van der Waals surface area (Å²) >= 11 is 0. The Kier molecular flexibility index (Phi) is 6.69. The Morgan fingerprint density at radius 3 is 2.32 bits per heavy atom. The molecule has 3 rings (SSSR count). The maximum absolute atomic E-state index is 14.9. The molecule has 1 aromatic heterocycles. The van der Waals surface area contributed by atoms with E-state index >= 15 is 0 Å². The molecule has 2 aromatic carbocycles. The second kappa shape index (κ2) is 9.42. The second-order valence-corrected chi connectivity index (χ2v) is 7.24. The van der Waals surface area contributed by atoms with Crippen LogP contribution in [0.15, 0.2) is 63.1 Å². The fourth-order valence-electron chi connectivity index (χ4n) is 3.07. The number of rotatable bonds is 7. The van der Waals surface area contributed by atoms with Crippen LogP contribution in [-0.2, 0) is 13.0 Å². The van der Waals surface area contributed by atoms with Gasteiger partial charge in [0.1, 0.15) is 17.4 Å². The first-order valence-electron chi connectivity index (χ1n) is 9.83. The Morgan fingerprint density at radius 1 is 1.06 bits per heavy atom. The molecule has 0 saturated carbocycles. The maximum Gasteiger partial charge on any atom is 0.337 e. The summed E-state index contributed by atoms with van der Waals surface area (Å²) in [7, 11) is 5.07. The van der Waals surface area contributed by atoms with Crippen LogP contribution in [0.3, 0.4) is 0 Å². The number of hydrogen-bond donors (Lipinski definition) is 0. The van der Waals surface area contributed by atoms with Gasteiger partial charge < -0.3 is 9.64 Å². The summed E-state index contributed by atoms with van der Waals surface area (Å²) in [5, 5.41) is 0. The first-order valence-corrected chi connectivity index (χ1v) is 9.83. The van der Waals surface area contributed by atoms with Crippen LogP contribution in [0.4, 0.5) is 10.2 Å². The third-order valence-corrected chi connectivity index (χ3v) is 4.75. The highest BCUT2D eigenvalue weighted by Gasteiger charge is 2.16. The molecule has 0 amide bonds. The quantitative estimate of drug-likeness (QED) is 0.432. The second-order valence-electron chi connectivity index (χ2n) is 7.24. The first kappa shape index (κ1) is 22.0. The van der Waals surface area contributed by atoms with Gasteiger partial charge in [-0.3, -0.25) is 9.36 Å². The molecule has 0 aliphatic carbocycles. The molecule has 0 spiro atoms. The van der Waals surface area contributed by atoms with Crippen molar-refractivity contribution in [2.45, 2.75) is 19.9 Å². The summed E-state index contributed by atoms with van der Waals surface area (Å²) in [6.07, 6.45) is 2.12. The minimum atomic E-state index is -0.669. The SMILES string of the molecule is CCc1ccc(-n2c(/N=C/N(C)C)cc(=O)n(Cc3ccc(OC)cc3)c2=O)c(F)c1. The third-order valence-electron chi connectivity index (χ3n) is 4.75. The molecule has 0 aliphatic heterocycles. The zero-order valence-electron chi connectivity index (χ0n) is 18.0. The Bertz CT molecular complexity index is 1210. The lowest BCUT2D eigenvalue weighted by atomic mass is 10.1. The summed E-state index contributed by atoms with van der Waals surface area (Å²) < 4.78 is 22.2. The van der Waals surface area contributed by atoms with Crippen LogP contribution >= 0.6 is 0 Å². The minimum absolute atomic E-state index is 0.0357. The van der Waals surface area contributed by atoms with Gasteiger partial charge in [-0.25, -0.2) is 18.7 Å². The summed E-state index contributed by atoms with van der Waals surface area (Å²) in [6, 6.07) is 12.9. The average Bonchev–Trinajstić information content (AvgIpc) is 2.76. The molecular formula is C23H25FN4O3. The van der Waals surface area contributed by atoms with Crippen LogP contribution in [0.2, 0.25) is 0 Å². The van der Waals surface area contributed by atoms with Gasteiger partial charge in [0.25, 0.3) is 5.56 Å². The molecule has 0 aliphatic rings. The number of methoxy groups -OCH3 is 1. The molecule has 0 bridgehead atoms. The minimum Gasteiger partial charge on any atom is -0.497 e. The first-order chi connectivity index (χ1) is 14.8. The van der Waals surface area contributed by atoms with Crippen molar-refractivity contribution in [1.29, 1.82) is 0 Å². The van der Waals surface area contributed by atoms with Crippen molar-refractivity contribution in [3.63, 3.8) is 0 Å².